The van der Waals surface area contributed by atoms with Crippen LogP contribution >= 0.6 is 0 Å². The van der Waals surface area contributed by atoms with E-state index in [0.29, 0.717) is 12.3 Å². The lowest BCUT2D eigenvalue weighted by Crippen LogP contribution is -2.15. The average molecular weight is 234 g/mol. The Morgan fingerprint density at radius 2 is 1.88 bits per heavy atom. The number of carbonyl (C=O) groups is 1. The topological polar surface area (TPSA) is 50.7 Å². The molecule has 0 unspecified atom stereocenters. The van der Waals surface area contributed by atoms with E-state index in [1.54, 1.807) is 13.8 Å². The van der Waals surface area contributed by atoms with Crippen LogP contribution in [0, 0.1) is 13.8 Å². The van der Waals surface area contributed by atoms with E-state index in [4.69, 9.17) is 4.74 Å². The van der Waals surface area contributed by atoms with Crippen LogP contribution in [0.15, 0.2) is 23.3 Å². The summed E-state index contributed by atoms with van der Waals surface area (Å²) in [6.45, 7) is 7.77. The van der Waals surface area contributed by atoms with Gasteiger partial charge in [0.1, 0.15) is 5.71 Å². The Kier molecular flexibility index (Phi) is 4.69. The zero-order chi connectivity index (χ0) is 12.8. The molecule has 0 atom stereocenters. The van der Waals surface area contributed by atoms with Crippen molar-refractivity contribution in [3.05, 3.63) is 29.3 Å². The monoisotopic (exact) mass is 234 g/mol. The Bertz CT molecular complexity index is 419. The lowest BCUT2D eigenvalue weighted by Gasteiger charge is -2.05. The van der Waals surface area contributed by atoms with Crippen LogP contribution < -0.4 is 5.43 Å². The number of hydrogen-bond acceptors (Lipinski definition) is 4. The van der Waals surface area contributed by atoms with Gasteiger partial charge in [-0.25, -0.2) is 4.79 Å². The number of aryl methyl sites for hydroxylation is 2. The largest absolute Gasteiger partial charge is 0.461 e. The molecule has 0 saturated heterocycles. The van der Waals surface area contributed by atoms with E-state index in [2.05, 4.69) is 16.6 Å². The molecule has 0 saturated carbocycles. The average Bonchev–Trinajstić information content (AvgIpc) is 2.25. The Hall–Kier alpha value is -1.84. The van der Waals surface area contributed by atoms with Crippen LogP contribution in [-0.4, -0.2) is 18.3 Å². The number of carbonyl (C=O) groups excluding carboxylic acids is 1. The molecule has 4 nitrogen and oxygen atoms in total. The molecule has 0 spiro atoms. The second-order valence-electron chi connectivity index (χ2n) is 3.91. The van der Waals surface area contributed by atoms with Crippen molar-refractivity contribution in [3.8, 4) is 0 Å². The molecule has 17 heavy (non-hydrogen) atoms. The molecule has 1 N–H and O–H groups in total. The lowest BCUT2D eigenvalue weighted by atomic mass is 10.1. The van der Waals surface area contributed by atoms with Gasteiger partial charge in [-0.05, 0) is 51.0 Å². The molecule has 0 fully saturated rings. The van der Waals surface area contributed by atoms with Crippen molar-refractivity contribution in [1.29, 1.82) is 0 Å². The fraction of sp³-hybridized carbons (Fsp3) is 0.385. The van der Waals surface area contributed by atoms with Crippen molar-refractivity contribution >= 4 is 17.4 Å². The third kappa shape index (κ3) is 4.26. The minimum Gasteiger partial charge on any atom is -0.461 e. The molecular weight excluding hydrogens is 216 g/mol. The number of benzene rings is 1. The Morgan fingerprint density at radius 1 is 1.29 bits per heavy atom. The first-order chi connectivity index (χ1) is 8.02. The summed E-state index contributed by atoms with van der Waals surface area (Å²) in [5.41, 5.74) is 6.33. The number of esters is 1. The number of ether oxygens (including phenoxy) is 1. The Labute approximate surface area is 102 Å². The summed E-state index contributed by atoms with van der Waals surface area (Å²) in [6, 6.07) is 6.01. The third-order valence-corrected chi connectivity index (χ3v) is 2.15. The molecule has 0 aliphatic heterocycles. The van der Waals surface area contributed by atoms with Gasteiger partial charge in [-0.15, -0.1) is 0 Å². The highest BCUT2D eigenvalue weighted by atomic mass is 16.5. The molecule has 1 rings (SSSR count). The van der Waals surface area contributed by atoms with Gasteiger partial charge in [0.2, 0.25) is 0 Å². The fourth-order valence-corrected chi connectivity index (χ4v) is 1.47. The molecule has 0 bridgehead atoms. The zero-order valence-corrected chi connectivity index (χ0v) is 10.7. The van der Waals surface area contributed by atoms with Gasteiger partial charge >= 0.3 is 5.97 Å². The molecule has 0 heterocycles. The van der Waals surface area contributed by atoms with Crippen LogP contribution in [0.25, 0.3) is 0 Å². The molecule has 0 amide bonds. The highest BCUT2D eigenvalue weighted by Gasteiger charge is 2.05. The first-order valence-electron chi connectivity index (χ1n) is 5.58. The molecule has 92 valence electrons. The van der Waals surface area contributed by atoms with Gasteiger partial charge in [-0.2, -0.15) is 5.10 Å². The summed E-state index contributed by atoms with van der Waals surface area (Å²) < 4.78 is 4.83. The third-order valence-electron chi connectivity index (χ3n) is 2.15. The minimum absolute atomic E-state index is 0.311. The van der Waals surface area contributed by atoms with Crippen LogP contribution in [0.5, 0.6) is 0 Å². The molecule has 1 aromatic carbocycles. The van der Waals surface area contributed by atoms with Gasteiger partial charge in [-0.1, -0.05) is 6.07 Å². The summed E-state index contributed by atoms with van der Waals surface area (Å²) in [5.74, 6) is -0.399. The summed E-state index contributed by atoms with van der Waals surface area (Å²) in [7, 11) is 0. The number of hydrazone groups is 1. The van der Waals surface area contributed by atoms with Crippen LogP contribution in [0.1, 0.15) is 25.0 Å². The van der Waals surface area contributed by atoms with Crippen molar-refractivity contribution in [2.75, 3.05) is 12.0 Å². The second kappa shape index (κ2) is 6.03. The van der Waals surface area contributed by atoms with Crippen LogP contribution in [0.3, 0.4) is 0 Å². The number of nitrogens with zero attached hydrogens (tertiary/aromatic N) is 1. The minimum atomic E-state index is -0.399. The fourth-order valence-electron chi connectivity index (χ4n) is 1.47. The maximum absolute atomic E-state index is 11.3. The van der Waals surface area contributed by atoms with Gasteiger partial charge in [0, 0.05) is 0 Å². The summed E-state index contributed by atoms with van der Waals surface area (Å²) in [4.78, 5) is 11.3. The van der Waals surface area contributed by atoms with Crippen LogP contribution in [0.4, 0.5) is 5.69 Å². The van der Waals surface area contributed by atoms with E-state index in [1.165, 1.54) is 0 Å². The van der Waals surface area contributed by atoms with E-state index in [1.807, 2.05) is 26.0 Å². The first kappa shape index (κ1) is 13.2. The molecule has 0 aromatic heterocycles. The molecule has 0 radical (unpaired) electrons. The quantitative estimate of drug-likeness (QED) is 0.495. The van der Waals surface area contributed by atoms with Gasteiger partial charge in [0.05, 0.1) is 12.3 Å². The normalized spacial score (nSPS) is 11.2. The highest BCUT2D eigenvalue weighted by Crippen LogP contribution is 2.13. The van der Waals surface area contributed by atoms with Crippen molar-refractivity contribution in [1.82, 2.24) is 0 Å². The van der Waals surface area contributed by atoms with Crippen LogP contribution in [-0.2, 0) is 9.53 Å². The standard InChI is InChI=1S/C13H18N2O2/c1-5-17-13(16)11(4)14-15-12-7-9(2)6-10(3)8-12/h6-8,15H,5H2,1-4H3/b14-11+. The van der Waals surface area contributed by atoms with Gasteiger partial charge in [0.25, 0.3) is 0 Å². The predicted octanol–water partition coefficient (Wildman–Crippen LogP) is 2.65. The maximum Gasteiger partial charge on any atom is 0.354 e. The van der Waals surface area contributed by atoms with E-state index < -0.39 is 5.97 Å². The van der Waals surface area contributed by atoms with Crippen molar-refractivity contribution < 1.29 is 9.53 Å². The number of nitrogens with one attached hydrogen (secondary N) is 1. The summed E-state index contributed by atoms with van der Waals surface area (Å²) >= 11 is 0. The SMILES string of the molecule is CCOC(=O)/C(C)=N/Nc1cc(C)cc(C)c1. The van der Waals surface area contributed by atoms with E-state index in [9.17, 15) is 4.79 Å². The number of rotatable bonds is 4. The van der Waals surface area contributed by atoms with E-state index >= 15 is 0 Å². The summed E-state index contributed by atoms with van der Waals surface area (Å²) in [5, 5.41) is 3.99. The number of anilines is 1. The van der Waals surface area contributed by atoms with Crippen molar-refractivity contribution in [3.63, 3.8) is 0 Å². The maximum atomic E-state index is 11.3. The Morgan fingerprint density at radius 3 is 2.41 bits per heavy atom. The van der Waals surface area contributed by atoms with Gasteiger partial charge < -0.3 is 4.74 Å². The summed E-state index contributed by atoms with van der Waals surface area (Å²) in [6.07, 6.45) is 0. The van der Waals surface area contributed by atoms with Gasteiger partial charge in [0.15, 0.2) is 0 Å². The lowest BCUT2D eigenvalue weighted by molar-refractivity contribution is -0.135. The molecule has 4 heteroatoms. The number of hydrogen-bond donors (Lipinski definition) is 1. The molecular formula is C13H18N2O2. The first-order valence-corrected chi connectivity index (χ1v) is 5.58. The van der Waals surface area contributed by atoms with Crippen molar-refractivity contribution in [2.24, 2.45) is 5.10 Å². The van der Waals surface area contributed by atoms with Gasteiger partial charge in [-0.3, -0.25) is 5.43 Å². The molecule has 0 aliphatic rings. The zero-order valence-electron chi connectivity index (χ0n) is 10.7. The highest BCUT2D eigenvalue weighted by molar-refractivity contribution is 6.35. The second-order valence-corrected chi connectivity index (χ2v) is 3.91. The van der Waals surface area contributed by atoms with E-state index in [0.717, 1.165) is 16.8 Å². The molecule has 0 aliphatic carbocycles. The van der Waals surface area contributed by atoms with E-state index in [-0.39, 0.29) is 0 Å². The Balaban J connectivity index is 2.71. The predicted molar refractivity (Wildman–Crippen MR) is 69.3 cm³/mol. The van der Waals surface area contributed by atoms with Crippen LogP contribution in [0.2, 0.25) is 0 Å². The van der Waals surface area contributed by atoms with Crippen molar-refractivity contribution in [2.45, 2.75) is 27.7 Å². The smallest absolute Gasteiger partial charge is 0.354 e. The molecule has 1 aromatic rings.